The lowest BCUT2D eigenvalue weighted by Crippen LogP contribution is -2.61. The summed E-state index contributed by atoms with van der Waals surface area (Å²) in [4.78, 5) is 38.3. The van der Waals surface area contributed by atoms with Gasteiger partial charge in [-0.2, -0.15) is 13.2 Å². The third-order valence-electron chi connectivity index (χ3n) is 6.10. The molecule has 2 unspecified atom stereocenters. The van der Waals surface area contributed by atoms with Crippen LogP contribution in [0, 0.1) is 5.92 Å². The lowest BCUT2D eigenvalue weighted by molar-refractivity contribution is -0.164. The van der Waals surface area contributed by atoms with Gasteiger partial charge in [0.2, 0.25) is 11.8 Å². The maximum atomic E-state index is 13.0. The molecule has 3 amide bonds. The van der Waals surface area contributed by atoms with Crippen LogP contribution in [0.5, 0.6) is 0 Å². The Labute approximate surface area is 244 Å². The molecule has 0 aromatic heterocycles. The fourth-order valence-electron chi connectivity index (χ4n) is 4.14. The second-order valence-electron chi connectivity index (χ2n) is 8.87. The van der Waals surface area contributed by atoms with Gasteiger partial charge < -0.3 is 15.5 Å². The number of halogens is 9. The molecular formula is C23H16Cl6F3N3O3. The summed E-state index contributed by atoms with van der Waals surface area (Å²) in [5, 5.41) is 5.84. The van der Waals surface area contributed by atoms with Crippen LogP contribution < -0.4 is 10.6 Å². The molecule has 1 aliphatic carbocycles. The Balaban J connectivity index is 1.39. The van der Waals surface area contributed by atoms with Crippen molar-refractivity contribution in [1.29, 1.82) is 0 Å². The quantitative estimate of drug-likeness (QED) is 0.269. The number of anilines is 1. The highest BCUT2D eigenvalue weighted by Crippen LogP contribution is 2.65. The molecule has 0 bridgehead atoms. The van der Waals surface area contributed by atoms with E-state index in [1.807, 2.05) is 0 Å². The van der Waals surface area contributed by atoms with E-state index in [-0.39, 0.29) is 44.4 Å². The Morgan fingerprint density at radius 2 is 1.58 bits per heavy atom. The summed E-state index contributed by atoms with van der Waals surface area (Å²) in [6, 6.07) is 6.69. The zero-order valence-corrected chi connectivity index (χ0v) is 23.3. The summed E-state index contributed by atoms with van der Waals surface area (Å²) >= 11 is 37.1. The van der Waals surface area contributed by atoms with Gasteiger partial charge in [0.15, 0.2) is 0 Å². The molecule has 38 heavy (non-hydrogen) atoms. The van der Waals surface area contributed by atoms with Gasteiger partial charge in [-0.25, -0.2) is 0 Å². The maximum Gasteiger partial charge on any atom is 0.397 e. The molecule has 2 aliphatic rings. The molecule has 1 saturated carbocycles. The van der Waals surface area contributed by atoms with Gasteiger partial charge in [-0.3, -0.25) is 14.4 Å². The minimum Gasteiger partial charge on any atom is -0.346 e. The molecule has 15 heteroatoms. The lowest BCUT2D eigenvalue weighted by Gasteiger charge is -2.39. The van der Waals surface area contributed by atoms with E-state index in [1.165, 1.54) is 30.3 Å². The van der Waals surface area contributed by atoms with Crippen molar-refractivity contribution >= 4 is 93.0 Å². The van der Waals surface area contributed by atoms with Crippen molar-refractivity contribution in [2.45, 2.75) is 28.9 Å². The van der Waals surface area contributed by atoms with Gasteiger partial charge in [-0.15, -0.1) is 23.2 Å². The molecule has 2 atom stereocenters. The van der Waals surface area contributed by atoms with Crippen LogP contribution in [0.1, 0.15) is 28.3 Å². The molecule has 2 aromatic carbocycles. The number of alkyl halides is 5. The van der Waals surface area contributed by atoms with Crippen LogP contribution in [0.15, 0.2) is 30.3 Å². The third kappa shape index (κ3) is 6.24. The number of hydrogen-bond acceptors (Lipinski definition) is 3. The molecule has 1 heterocycles. The molecule has 0 spiro atoms. The van der Waals surface area contributed by atoms with Crippen molar-refractivity contribution in [3.05, 3.63) is 61.5 Å². The molecule has 0 radical (unpaired) electrons. The number of carbonyl (C=O) groups is 3. The SMILES string of the molecule is O=C(NC1CN(C(=O)CC(F)(F)F)C1)c1cc(NC(=O)C2C(c3cc(Cl)c(Cl)c(Cl)c3)C2(Cl)Cl)ccc1Cl. The Kier molecular flexibility index (Phi) is 8.30. The molecule has 4 rings (SSSR count). The fourth-order valence-corrected chi connectivity index (χ4v) is 5.78. The van der Waals surface area contributed by atoms with Crippen LogP contribution in [0.3, 0.4) is 0 Å². The predicted octanol–water partition coefficient (Wildman–Crippen LogP) is 6.72. The molecule has 204 valence electrons. The first-order valence-corrected chi connectivity index (χ1v) is 13.1. The van der Waals surface area contributed by atoms with Crippen molar-refractivity contribution in [3.63, 3.8) is 0 Å². The van der Waals surface area contributed by atoms with E-state index >= 15 is 0 Å². The monoisotopic (exact) mass is 649 g/mol. The first kappa shape index (κ1) is 29.4. The van der Waals surface area contributed by atoms with Crippen molar-refractivity contribution in [1.82, 2.24) is 10.2 Å². The first-order chi connectivity index (χ1) is 17.6. The van der Waals surface area contributed by atoms with Gasteiger partial charge >= 0.3 is 6.18 Å². The van der Waals surface area contributed by atoms with Crippen molar-refractivity contribution in [2.24, 2.45) is 5.92 Å². The van der Waals surface area contributed by atoms with E-state index in [2.05, 4.69) is 10.6 Å². The topological polar surface area (TPSA) is 78.5 Å². The van der Waals surface area contributed by atoms with E-state index in [9.17, 15) is 27.6 Å². The Morgan fingerprint density at radius 3 is 2.16 bits per heavy atom. The number of nitrogens with one attached hydrogen (secondary N) is 2. The number of carbonyl (C=O) groups excluding carboxylic acids is 3. The van der Waals surface area contributed by atoms with Crippen LogP contribution in [-0.4, -0.2) is 52.3 Å². The van der Waals surface area contributed by atoms with Crippen LogP contribution in [-0.2, 0) is 9.59 Å². The van der Waals surface area contributed by atoms with E-state index in [0.717, 1.165) is 4.90 Å². The van der Waals surface area contributed by atoms with Gasteiger partial charge in [0, 0.05) is 24.7 Å². The van der Waals surface area contributed by atoms with Crippen LogP contribution in [0.25, 0.3) is 0 Å². The van der Waals surface area contributed by atoms with Gasteiger partial charge in [0.25, 0.3) is 5.91 Å². The maximum absolute atomic E-state index is 13.0. The van der Waals surface area contributed by atoms with Gasteiger partial charge in [0.05, 0.1) is 37.6 Å². The smallest absolute Gasteiger partial charge is 0.346 e. The van der Waals surface area contributed by atoms with Crippen LogP contribution in [0.4, 0.5) is 18.9 Å². The number of amides is 3. The van der Waals surface area contributed by atoms with Crippen molar-refractivity contribution in [3.8, 4) is 0 Å². The summed E-state index contributed by atoms with van der Waals surface area (Å²) in [6.07, 6.45) is -6.17. The van der Waals surface area contributed by atoms with E-state index in [0.29, 0.717) is 5.56 Å². The average molecular weight is 652 g/mol. The molecule has 2 aromatic rings. The molecule has 1 aliphatic heterocycles. The lowest BCUT2D eigenvalue weighted by atomic mass is 10.1. The Bertz CT molecular complexity index is 1290. The summed E-state index contributed by atoms with van der Waals surface area (Å²) in [6.45, 7) is -0.131. The fraction of sp³-hybridized carbons (Fsp3) is 0.348. The van der Waals surface area contributed by atoms with Crippen molar-refractivity contribution in [2.75, 3.05) is 18.4 Å². The minimum atomic E-state index is -4.61. The van der Waals surface area contributed by atoms with Gasteiger partial charge in [-0.05, 0) is 35.9 Å². The average Bonchev–Trinajstić information content (AvgIpc) is 3.35. The highest BCUT2D eigenvalue weighted by Gasteiger charge is 2.67. The standard InChI is InChI=1S/C23H16Cl6F3N3O3/c24-13-2-1-10(5-12(13)20(37)34-11-7-35(8-11)16(36)6-22(30,31)32)33-21(38)18-17(23(18,28)29)9-3-14(25)19(27)15(26)4-9/h1-5,11,17-18H,6-8H2,(H,33,38)(H,34,37). The van der Waals surface area contributed by atoms with Crippen molar-refractivity contribution < 1.29 is 27.6 Å². The van der Waals surface area contributed by atoms with Crippen LogP contribution >= 0.6 is 69.6 Å². The molecule has 2 fully saturated rings. The summed E-state index contributed by atoms with van der Waals surface area (Å²) in [5.41, 5.74) is 0.757. The summed E-state index contributed by atoms with van der Waals surface area (Å²) < 4.78 is 35.7. The molecule has 1 saturated heterocycles. The van der Waals surface area contributed by atoms with Gasteiger partial charge in [-0.1, -0.05) is 46.4 Å². The molecular weight excluding hydrogens is 636 g/mol. The summed E-state index contributed by atoms with van der Waals surface area (Å²) in [5.74, 6) is -3.73. The molecule has 6 nitrogen and oxygen atoms in total. The second kappa shape index (κ2) is 10.7. The van der Waals surface area contributed by atoms with Gasteiger partial charge in [0.1, 0.15) is 10.8 Å². The summed E-state index contributed by atoms with van der Waals surface area (Å²) in [7, 11) is 0. The Hall–Kier alpha value is -1.62. The third-order valence-corrected chi connectivity index (χ3v) is 8.57. The molecule has 2 N–H and O–H groups in total. The second-order valence-corrected chi connectivity index (χ2v) is 11.9. The highest BCUT2D eigenvalue weighted by atomic mass is 35.5. The number of nitrogens with zero attached hydrogens (tertiary/aromatic N) is 1. The number of likely N-dealkylation sites (tertiary alicyclic amines) is 1. The zero-order chi connectivity index (χ0) is 28.2. The Morgan fingerprint density at radius 1 is 0.974 bits per heavy atom. The van der Waals surface area contributed by atoms with E-state index in [4.69, 9.17) is 69.6 Å². The number of hydrogen-bond donors (Lipinski definition) is 2. The zero-order valence-electron chi connectivity index (χ0n) is 18.8. The number of rotatable bonds is 6. The normalized spacial score (nSPS) is 20.5. The number of benzene rings is 2. The van der Waals surface area contributed by atoms with E-state index < -0.39 is 52.5 Å². The first-order valence-electron chi connectivity index (χ1n) is 10.9. The predicted molar refractivity (Wildman–Crippen MR) is 141 cm³/mol. The largest absolute Gasteiger partial charge is 0.397 e. The van der Waals surface area contributed by atoms with Crippen LogP contribution in [0.2, 0.25) is 20.1 Å². The van der Waals surface area contributed by atoms with E-state index in [1.54, 1.807) is 0 Å². The highest BCUT2D eigenvalue weighted by molar-refractivity contribution is 6.54. The minimum absolute atomic E-state index is 0.0103.